The highest BCUT2D eigenvalue weighted by Crippen LogP contribution is 2.21. The first kappa shape index (κ1) is 19.4. The number of nitrogens with zero attached hydrogens (tertiary/aromatic N) is 3. The van der Waals surface area contributed by atoms with Gasteiger partial charge in [0.15, 0.2) is 12.3 Å². The van der Waals surface area contributed by atoms with E-state index in [1.807, 2.05) is 79.2 Å². The molecule has 2 heterocycles. The van der Waals surface area contributed by atoms with Crippen molar-refractivity contribution in [3.8, 4) is 5.75 Å². The summed E-state index contributed by atoms with van der Waals surface area (Å²) < 4.78 is 7.44. The van der Waals surface area contributed by atoms with Crippen molar-refractivity contribution >= 4 is 34.0 Å². The van der Waals surface area contributed by atoms with Crippen LogP contribution in [0, 0.1) is 0 Å². The number of carbonyl (C=O) groups excluding carboxylic acids is 1. The fraction of sp³-hybridized carbons (Fsp3) is 0.174. The second kappa shape index (κ2) is 8.65. The van der Waals surface area contributed by atoms with E-state index in [1.165, 1.54) is 0 Å². The van der Waals surface area contributed by atoms with Crippen molar-refractivity contribution < 1.29 is 9.53 Å². The molecule has 0 aliphatic rings. The van der Waals surface area contributed by atoms with Gasteiger partial charge >= 0.3 is 0 Å². The molecular weight excluding hydrogens is 378 g/mol. The summed E-state index contributed by atoms with van der Waals surface area (Å²) in [6.07, 6.45) is 3.38. The van der Waals surface area contributed by atoms with E-state index >= 15 is 0 Å². The van der Waals surface area contributed by atoms with E-state index in [-0.39, 0.29) is 18.6 Å². The second-order valence-electron chi connectivity index (χ2n) is 7.17. The summed E-state index contributed by atoms with van der Waals surface area (Å²) >= 11 is 0. The molecule has 0 aliphatic carbocycles. The summed E-state index contributed by atoms with van der Waals surface area (Å²) in [7, 11) is 0. The van der Waals surface area contributed by atoms with Crippen LogP contribution in [0.1, 0.15) is 19.9 Å². The molecule has 0 atom stereocenters. The van der Waals surface area contributed by atoms with Crippen LogP contribution in [0.3, 0.4) is 0 Å². The van der Waals surface area contributed by atoms with Gasteiger partial charge in [0, 0.05) is 22.8 Å². The Morgan fingerprint density at radius 1 is 1.00 bits per heavy atom. The first-order valence-electron chi connectivity index (χ1n) is 9.76. The third kappa shape index (κ3) is 4.57. The lowest BCUT2D eigenvalue weighted by molar-refractivity contribution is -0.118. The molecule has 0 radical (unpaired) electrons. The summed E-state index contributed by atoms with van der Waals surface area (Å²) in [6.45, 7) is 4.01. The molecule has 152 valence electrons. The Kier molecular flexibility index (Phi) is 5.61. The molecule has 7 nitrogen and oxygen atoms in total. The summed E-state index contributed by atoms with van der Waals surface area (Å²) in [5.41, 5.74) is 3.36. The van der Waals surface area contributed by atoms with Gasteiger partial charge in [-0.15, -0.1) is 0 Å². The van der Waals surface area contributed by atoms with Crippen LogP contribution in [-0.2, 0) is 4.79 Å². The minimum Gasteiger partial charge on any atom is -0.484 e. The molecule has 1 amide bonds. The third-order valence-corrected chi connectivity index (χ3v) is 4.49. The number of para-hydroxylation sites is 1. The number of pyridine rings is 1. The van der Waals surface area contributed by atoms with Gasteiger partial charge in [0.05, 0.1) is 18.1 Å². The first-order valence-corrected chi connectivity index (χ1v) is 9.76. The number of aromatic nitrogens is 3. The molecule has 4 aromatic rings. The monoisotopic (exact) mass is 401 g/mol. The van der Waals surface area contributed by atoms with Gasteiger partial charge in [-0.25, -0.2) is 9.67 Å². The largest absolute Gasteiger partial charge is 0.484 e. The number of anilines is 3. The Labute approximate surface area is 174 Å². The van der Waals surface area contributed by atoms with Gasteiger partial charge in [-0.05, 0) is 56.3 Å². The number of amides is 1. The maximum absolute atomic E-state index is 12.2. The molecule has 0 fully saturated rings. The van der Waals surface area contributed by atoms with Crippen molar-refractivity contribution in [2.75, 3.05) is 17.2 Å². The van der Waals surface area contributed by atoms with Crippen LogP contribution in [0.2, 0.25) is 0 Å². The minimum atomic E-state index is -0.251. The lowest BCUT2D eigenvalue weighted by atomic mass is 10.2. The van der Waals surface area contributed by atoms with E-state index in [9.17, 15) is 4.79 Å². The fourth-order valence-electron chi connectivity index (χ4n) is 3.05. The zero-order chi connectivity index (χ0) is 20.9. The molecule has 0 aliphatic heterocycles. The van der Waals surface area contributed by atoms with Crippen LogP contribution in [0.15, 0.2) is 73.1 Å². The van der Waals surface area contributed by atoms with Gasteiger partial charge in [-0.3, -0.25) is 4.79 Å². The number of ether oxygens (including phenoxy) is 1. The molecule has 0 saturated carbocycles. The summed E-state index contributed by atoms with van der Waals surface area (Å²) in [6, 6.07) is 19.5. The number of carbonyl (C=O) groups is 1. The molecular formula is C23H23N5O2. The second-order valence-corrected chi connectivity index (χ2v) is 7.17. The van der Waals surface area contributed by atoms with Crippen LogP contribution in [0.5, 0.6) is 5.75 Å². The van der Waals surface area contributed by atoms with E-state index in [0.29, 0.717) is 11.4 Å². The van der Waals surface area contributed by atoms with E-state index in [1.54, 1.807) is 12.4 Å². The number of nitrogens with one attached hydrogen (secondary N) is 2. The molecule has 2 aromatic heterocycles. The van der Waals surface area contributed by atoms with E-state index in [4.69, 9.17) is 4.74 Å². The van der Waals surface area contributed by atoms with Crippen molar-refractivity contribution in [3.05, 3.63) is 73.1 Å². The number of benzene rings is 2. The Balaban J connectivity index is 1.32. The maximum atomic E-state index is 12.2. The molecule has 0 saturated heterocycles. The van der Waals surface area contributed by atoms with Crippen molar-refractivity contribution in [2.45, 2.75) is 19.9 Å². The van der Waals surface area contributed by atoms with Crippen molar-refractivity contribution in [3.63, 3.8) is 0 Å². The van der Waals surface area contributed by atoms with Crippen molar-refractivity contribution in [1.82, 2.24) is 14.8 Å². The number of hydrogen-bond donors (Lipinski definition) is 2. The normalized spacial score (nSPS) is 10.9. The first-order chi connectivity index (χ1) is 14.6. The molecule has 7 heteroatoms. The minimum absolute atomic E-state index is 0.0885. The highest BCUT2D eigenvalue weighted by atomic mass is 16.5. The number of hydrogen-bond acceptors (Lipinski definition) is 5. The van der Waals surface area contributed by atoms with Gasteiger partial charge < -0.3 is 15.4 Å². The quantitative estimate of drug-likeness (QED) is 0.466. The van der Waals surface area contributed by atoms with E-state index < -0.39 is 0 Å². The van der Waals surface area contributed by atoms with Gasteiger partial charge in [0.1, 0.15) is 5.75 Å². The lowest BCUT2D eigenvalue weighted by Gasteiger charge is -2.10. The highest BCUT2D eigenvalue weighted by Gasteiger charge is 2.10. The van der Waals surface area contributed by atoms with Gasteiger partial charge in [0.2, 0.25) is 0 Å². The van der Waals surface area contributed by atoms with Gasteiger partial charge in [0.25, 0.3) is 5.91 Å². The highest BCUT2D eigenvalue weighted by molar-refractivity contribution is 5.93. The molecule has 2 aromatic carbocycles. The summed E-state index contributed by atoms with van der Waals surface area (Å²) in [5, 5.41) is 11.3. The van der Waals surface area contributed by atoms with E-state index in [2.05, 4.69) is 20.7 Å². The smallest absolute Gasteiger partial charge is 0.262 e. The maximum Gasteiger partial charge on any atom is 0.262 e. The molecule has 4 rings (SSSR count). The zero-order valence-corrected chi connectivity index (χ0v) is 16.9. The predicted octanol–water partition coefficient (Wildman–Crippen LogP) is 4.77. The van der Waals surface area contributed by atoms with E-state index in [0.717, 1.165) is 22.4 Å². The topological polar surface area (TPSA) is 81.1 Å². The van der Waals surface area contributed by atoms with Gasteiger partial charge in [-0.1, -0.05) is 18.2 Å². The van der Waals surface area contributed by atoms with Gasteiger partial charge in [-0.2, -0.15) is 5.10 Å². The molecule has 0 bridgehead atoms. The third-order valence-electron chi connectivity index (χ3n) is 4.49. The van der Waals surface area contributed by atoms with Crippen molar-refractivity contribution in [2.24, 2.45) is 0 Å². The summed E-state index contributed by atoms with van der Waals surface area (Å²) in [5.74, 6) is 0.370. The molecule has 0 spiro atoms. The predicted molar refractivity (Wildman–Crippen MR) is 118 cm³/mol. The molecule has 2 N–H and O–H groups in total. The van der Waals surface area contributed by atoms with Crippen LogP contribution in [0.4, 0.5) is 17.1 Å². The van der Waals surface area contributed by atoms with Crippen LogP contribution in [-0.4, -0.2) is 27.3 Å². The fourth-order valence-corrected chi connectivity index (χ4v) is 3.05. The number of rotatable bonds is 7. The van der Waals surface area contributed by atoms with Crippen LogP contribution in [0.25, 0.3) is 11.0 Å². The summed E-state index contributed by atoms with van der Waals surface area (Å²) in [4.78, 5) is 16.7. The van der Waals surface area contributed by atoms with Crippen LogP contribution < -0.4 is 15.4 Å². The SMILES string of the molecule is CC(C)n1ncc2cc(NC(=O)COc3ccc(Nc4ccccc4)cc3)cnc21. The Hall–Kier alpha value is -3.87. The Bertz CT molecular complexity index is 1140. The zero-order valence-electron chi connectivity index (χ0n) is 16.9. The average Bonchev–Trinajstić information content (AvgIpc) is 3.18. The lowest BCUT2D eigenvalue weighted by Crippen LogP contribution is -2.20. The Morgan fingerprint density at radius 3 is 2.47 bits per heavy atom. The molecule has 30 heavy (non-hydrogen) atoms. The van der Waals surface area contributed by atoms with Crippen molar-refractivity contribution in [1.29, 1.82) is 0 Å². The van der Waals surface area contributed by atoms with Crippen LogP contribution >= 0.6 is 0 Å². The number of fused-ring (bicyclic) bond motifs is 1. The molecule has 0 unspecified atom stereocenters. The average molecular weight is 401 g/mol. The Morgan fingerprint density at radius 2 is 1.73 bits per heavy atom. The standard InChI is InChI=1S/C23H23N5O2/c1-16(2)28-23-17(13-25-28)12-20(14-24-23)27-22(29)15-30-21-10-8-19(9-11-21)26-18-6-4-3-5-7-18/h3-14,16,26H,15H2,1-2H3,(H,27,29).